The van der Waals surface area contributed by atoms with Crippen LogP contribution in [0.2, 0.25) is 0 Å². The fourth-order valence-corrected chi connectivity index (χ4v) is 2.95. The van der Waals surface area contributed by atoms with Gasteiger partial charge in [0.25, 0.3) is 0 Å². The molecule has 0 aliphatic rings. The fraction of sp³-hybridized carbons (Fsp3) is 0.333. The van der Waals surface area contributed by atoms with Crippen molar-refractivity contribution in [3.8, 4) is 11.4 Å². The molecule has 3 rings (SSSR count). The molecule has 0 saturated carbocycles. The SMILES string of the molecule is COc1ccc(-n2nnnc2CSCCn2cc(C)cn2)cc1. The summed E-state index contributed by atoms with van der Waals surface area (Å²) in [5.74, 6) is 3.35. The molecule has 1 aromatic carbocycles. The molecule has 0 fully saturated rings. The summed E-state index contributed by atoms with van der Waals surface area (Å²) >= 11 is 1.78. The van der Waals surface area contributed by atoms with Crippen molar-refractivity contribution in [2.24, 2.45) is 0 Å². The Hall–Kier alpha value is -2.35. The maximum atomic E-state index is 5.17. The third kappa shape index (κ3) is 3.89. The Morgan fingerprint density at radius 2 is 2.04 bits per heavy atom. The number of thioether (sulfide) groups is 1. The summed E-state index contributed by atoms with van der Waals surface area (Å²) in [6.45, 7) is 2.92. The Balaban J connectivity index is 1.57. The molecule has 120 valence electrons. The second kappa shape index (κ2) is 7.28. The molecule has 0 amide bonds. The van der Waals surface area contributed by atoms with Gasteiger partial charge in [-0.05, 0) is 47.2 Å². The van der Waals surface area contributed by atoms with Gasteiger partial charge in [-0.1, -0.05) is 0 Å². The smallest absolute Gasteiger partial charge is 0.166 e. The van der Waals surface area contributed by atoms with E-state index in [0.717, 1.165) is 35.3 Å². The molecule has 8 heteroatoms. The van der Waals surface area contributed by atoms with Gasteiger partial charge in [-0.25, -0.2) is 0 Å². The summed E-state index contributed by atoms with van der Waals surface area (Å²) in [6.07, 6.45) is 3.91. The van der Waals surface area contributed by atoms with Crippen molar-refractivity contribution in [1.29, 1.82) is 0 Å². The number of hydrogen-bond donors (Lipinski definition) is 0. The zero-order valence-electron chi connectivity index (χ0n) is 13.1. The van der Waals surface area contributed by atoms with Crippen molar-refractivity contribution >= 4 is 11.8 Å². The lowest BCUT2D eigenvalue weighted by atomic mass is 10.3. The van der Waals surface area contributed by atoms with Crippen LogP contribution >= 0.6 is 11.8 Å². The van der Waals surface area contributed by atoms with E-state index in [1.165, 1.54) is 5.56 Å². The van der Waals surface area contributed by atoms with E-state index in [1.807, 2.05) is 48.3 Å². The van der Waals surface area contributed by atoms with Crippen molar-refractivity contribution in [2.75, 3.05) is 12.9 Å². The number of tetrazole rings is 1. The second-order valence-corrected chi connectivity index (χ2v) is 6.14. The number of methoxy groups -OCH3 is 1. The van der Waals surface area contributed by atoms with Gasteiger partial charge < -0.3 is 4.74 Å². The number of aromatic nitrogens is 6. The molecule has 2 heterocycles. The van der Waals surface area contributed by atoms with Gasteiger partial charge in [0.05, 0.1) is 24.7 Å². The average molecular weight is 330 g/mol. The summed E-state index contributed by atoms with van der Waals surface area (Å²) in [5, 5.41) is 16.2. The molecule has 0 aliphatic heterocycles. The van der Waals surface area contributed by atoms with Gasteiger partial charge in [-0.15, -0.1) is 5.10 Å². The third-order valence-corrected chi connectivity index (χ3v) is 4.24. The van der Waals surface area contributed by atoms with Crippen molar-refractivity contribution < 1.29 is 4.74 Å². The number of rotatable bonds is 7. The van der Waals surface area contributed by atoms with Crippen LogP contribution < -0.4 is 4.74 Å². The molecular weight excluding hydrogens is 312 g/mol. The molecule has 0 radical (unpaired) electrons. The quantitative estimate of drug-likeness (QED) is 0.618. The first kappa shape index (κ1) is 15.5. The first-order valence-electron chi connectivity index (χ1n) is 7.25. The van der Waals surface area contributed by atoms with E-state index >= 15 is 0 Å². The predicted molar refractivity (Wildman–Crippen MR) is 88.8 cm³/mol. The van der Waals surface area contributed by atoms with E-state index in [0.29, 0.717) is 0 Å². The van der Waals surface area contributed by atoms with Crippen LogP contribution in [0.15, 0.2) is 36.7 Å². The van der Waals surface area contributed by atoms with Gasteiger partial charge in [0, 0.05) is 18.5 Å². The molecule has 0 unspecified atom stereocenters. The Morgan fingerprint density at radius 3 is 2.74 bits per heavy atom. The highest BCUT2D eigenvalue weighted by molar-refractivity contribution is 7.98. The minimum Gasteiger partial charge on any atom is -0.497 e. The number of hydrogen-bond acceptors (Lipinski definition) is 6. The van der Waals surface area contributed by atoms with E-state index in [4.69, 9.17) is 4.74 Å². The molecule has 0 atom stereocenters. The highest BCUT2D eigenvalue weighted by atomic mass is 32.2. The monoisotopic (exact) mass is 330 g/mol. The van der Waals surface area contributed by atoms with Crippen molar-refractivity contribution in [3.05, 3.63) is 48.0 Å². The van der Waals surface area contributed by atoms with E-state index in [9.17, 15) is 0 Å². The van der Waals surface area contributed by atoms with Crippen LogP contribution in [0.5, 0.6) is 5.75 Å². The summed E-state index contributed by atoms with van der Waals surface area (Å²) in [4.78, 5) is 0. The van der Waals surface area contributed by atoms with Crippen LogP contribution in [0.3, 0.4) is 0 Å². The lowest BCUT2D eigenvalue weighted by Gasteiger charge is -2.06. The van der Waals surface area contributed by atoms with E-state index < -0.39 is 0 Å². The highest BCUT2D eigenvalue weighted by Gasteiger charge is 2.08. The number of aryl methyl sites for hydroxylation is 2. The first-order valence-corrected chi connectivity index (χ1v) is 8.40. The highest BCUT2D eigenvalue weighted by Crippen LogP contribution is 2.17. The molecule has 3 aromatic rings. The van der Waals surface area contributed by atoms with Crippen LogP contribution in [-0.2, 0) is 12.3 Å². The molecule has 0 aliphatic carbocycles. The molecule has 0 spiro atoms. The van der Waals surface area contributed by atoms with Crippen LogP contribution in [-0.4, -0.2) is 42.9 Å². The van der Waals surface area contributed by atoms with Gasteiger partial charge >= 0.3 is 0 Å². The third-order valence-electron chi connectivity index (χ3n) is 3.31. The summed E-state index contributed by atoms with van der Waals surface area (Å²) < 4.78 is 8.87. The van der Waals surface area contributed by atoms with Gasteiger partial charge in [-0.2, -0.15) is 21.5 Å². The van der Waals surface area contributed by atoms with Crippen LogP contribution in [0.25, 0.3) is 5.69 Å². The molecule has 7 nitrogen and oxygen atoms in total. The zero-order valence-corrected chi connectivity index (χ0v) is 13.9. The number of ether oxygens (including phenoxy) is 1. The molecule has 0 saturated heterocycles. The number of benzene rings is 1. The van der Waals surface area contributed by atoms with Crippen molar-refractivity contribution in [2.45, 2.75) is 19.2 Å². The first-order chi connectivity index (χ1) is 11.3. The molecular formula is C15H18N6OS. The maximum absolute atomic E-state index is 5.17. The van der Waals surface area contributed by atoms with E-state index in [2.05, 4.69) is 20.6 Å². The Labute approximate surface area is 138 Å². The standard InChI is InChI=1S/C15H18N6OS/c1-12-9-16-20(10-12)7-8-23-11-15-17-18-19-21(15)13-3-5-14(22-2)6-4-13/h3-6,9-10H,7-8,11H2,1-2H3. The molecule has 2 aromatic heterocycles. The van der Waals surface area contributed by atoms with Crippen molar-refractivity contribution in [1.82, 2.24) is 30.0 Å². The van der Waals surface area contributed by atoms with Gasteiger partial charge in [-0.3, -0.25) is 4.68 Å². The molecule has 23 heavy (non-hydrogen) atoms. The average Bonchev–Trinajstić information content (AvgIpc) is 3.20. The van der Waals surface area contributed by atoms with Gasteiger partial charge in [0.2, 0.25) is 0 Å². The minimum atomic E-state index is 0.749. The Morgan fingerprint density at radius 1 is 1.22 bits per heavy atom. The second-order valence-electron chi connectivity index (χ2n) is 5.04. The Bertz CT molecular complexity index is 751. The summed E-state index contributed by atoms with van der Waals surface area (Å²) in [5.41, 5.74) is 2.10. The zero-order chi connectivity index (χ0) is 16.1. The largest absolute Gasteiger partial charge is 0.497 e. The van der Waals surface area contributed by atoms with Crippen LogP contribution in [0.1, 0.15) is 11.4 Å². The maximum Gasteiger partial charge on any atom is 0.166 e. The fourth-order valence-electron chi connectivity index (χ4n) is 2.13. The van der Waals surface area contributed by atoms with Crippen LogP contribution in [0.4, 0.5) is 0 Å². The van der Waals surface area contributed by atoms with Crippen molar-refractivity contribution in [3.63, 3.8) is 0 Å². The predicted octanol–water partition coefficient (Wildman–Crippen LogP) is 2.11. The minimum absolute atomic E-state index is 0.749. The normalized spacial score (nSPS) is 10.9. The lowest BCUT2D eigenvalue weighted by molar-refractivity contribution is 0.414. The Kier molecular flexibility index (Phi) is 4.92. The van der Waals surface area contributed by atoms with E-state index in [1.54, 1.807) is 23.6 Å². The summed E-state index contributed by atoms with van der Waals surface area (Å²) in [6, 6.07) is 7.67. The molecule has 0 bridgehead atoms. The summed E-state index contributed by atoms with van der Waals surface area (Å²) in [7, 11) is 1.65. The van der Waals surface area contributed by atoms with Gasteiger partial charge in [0.1, 0.15) is 5.75 Å². The van der Waals surface area contributed by atoms with Crippen LogP contribution in [0, 0.1) is 6.92 Å². The van der Waals surface area contributed by atoms with Gasteiger partial charge in [0.15, 0.2) is 5.82 Å². The number of nitrogens with zero attached hydrogens (tertiary/aromatic N) is 6. The lowest BCUT2D eigenvalue weighted by Crippen LogP contribution is -2.04. The topological polar surface area (TPSA) is 70.7 Å². The van der Waals surface area contributed by atoms with E-state index in [-0.39, 0.29) is 0 Å². The molecule has 0 N–H and O–H groups in total.